The van der Waals surface area contributed by atoms with Gasteiger partial charge in [0.25, 0.3) is 0 Å². The molecule has 0 amide bonds. The Labute approximate surface area is 124 Å². The number of rotatable bonds is 3. The van der Waals surface area contributed by atoms with E-state index < -0.39 is 0 Å². The second-order valence-electron chi connectivity index (χ2n) is 5.44. The lowest BCUT2D eigenvalue weighted by Gasteiger charge is -2.23. The number of Topliss-reactive ketones (excluding diaryl/α,β-unsaturated/α-hetero) is 1. The number of fused-ring (bicyclic) bond motifs is 1. The molecule has 1 saturated carbocycles. The number of ketones is 1. The van der Waals surface area contributed by atoms with Crippen LogP contribution in [0.4, 0.5) is 0 Å². The number of benzene rings is 1. The molecule has 1 aromatic carbocycles. The number of aromatic nitrogens is 1. The minimum atomic E-state index is 0.379. The number of hydrogen-bond donors (Lipinski definition) is 0. The summed E-state index contributed by atoms with van der Waals surface area (Å²) in [6.07, 6.45) is 5.04. The first kappa shape index (κ1) is 13.9. The molecular formula is C17H19NO3. The highest BCUT2D eigenvalue weighted by molar-refractivity contribution is 5.87. The van der Waals surface area contributed by atoms with Crippen molar-refractivity contribution < 1.29 is 14.3 Å². The topological polar surface area (TPSA) is 48.4 Å². The summed E-state index contributed by atoms with van der Waals surface area (Å²) in [5.41, 5.74) is 2.16. The van der Waals surface area contributed by atoms with E-state index in [-0.39, 0.29) is 0 Å². The minimum absolute atomic E-state index is 0.379. The number of pyridine rings is 1. The van der Waals surface area contributed by atoms with Gasteiger partial charge in [0.1, 0.15) is 5.78 Å². The van der Waals surface area contributed by atoms with Crippen LogP contribution < -0.4 is 9.47 Å². The van der Waals surface area contributed by atoms with E-state index in [2.05, 4.69) is 11.1 Å². The molecule has 21 heavy (non-hydrogen) atoms. The van der Waals surface area contributed by atoms with Gasteiger partial charge in [-0.25, -0.2) is 0 Å². The van der Waals surface area contributed by atoms with Crippen molar-refractivity contribution in [3.8, 4) is 11.5 Å². The summed E-state index contributed by atoms with van der Waals surface area (Å²) in [4.78, 5) is 15.9. The molecule has 0 radical (unpaired) electrons. The molecular weight excluding hydrogens is 266 g/mol. The van der Waals surface area contributed by atoms with E-state index in [1.807, 2.05) is 18.3 Å². The van der Waals surface area contributed by atoms with E-state index in [0.29, 0.717) is 36.0 Å². The highest BCUT2D eigenvalue weighted by Gasteiger charge is 2.22. The van der Waals surface area contributed by atoms with Crippen molar-refractivity contribution >= 4 is 16.7 Å². The Kier molecular flexibility index (Phi) is 3.78. The molecule has 1 fully saturated rings. The van der Waals surface area contributed by atoms with Crippen LogP contribution in [0.1, 0.15) is 37.2 Å². The zero-order chi connectivity index (χ0) is 14.8. The molecule has 1 aliphatic rings. The Balaban J connectivity index is 2.08. The summed E-state index contributed by atoms with van der Waals surface area (Å²) < 4.78 is 10.7. The third-order valence-electron chi connectivity index (χ3n) is 4.26. The molecule has 110 valence electrons. The monoisotopic (exact) mass is 285 g/mol. The third kappa shape index (κ3) is 2.58. The Morgan fingerprint density at radius 3 is 2.43 bits per heavy atom. The molecule has 0 atom stereocenters. The molecule has 0 spiro atoms. The van der Waals surface area contributed by atoms with Gasteiger partial charge in [0.2, 0.25) is 0 Å². The predicted octanol–water partition coefficient (Wildman–Crippen LogP) is 3.48. The summed E-state index contributed by atoms with van der Waals surface area (Å²) in [5, 5.41) is 1.09. The van der Waals surface area contributed by atoms with E-state index in [9.17, 15) is 4.79 Å². The summed E-state index contributed by atoms with van der Waals surface area (Å²) in [6, 6.07) is 5.97. The highest BCUT2D eigenvalue weighted by Crippen LogP contribution is 2.38. The van der Waals surface area contributed by atoms with Gasteiger partial charge in [-0.3, -0.25) is 9.78 Å². The maximum Gasteiger partial charge on any atom is 0.162 e. The van der Waals surface area contributed by atoms with E-state index >= 15 is 0 Å². The second-order valence-corrected chi connectivity index (χ2v) is 5.44. The Morgan fingerprint density at radius 2 is 1.76 bits per heavy atom. The van der Waals surface area contributed by atoms with E-state index in [0.717, 1.165) is 23.7 Å². The van der Waals surface area contributed by atoms with Crippen molar-refractivity contribution in [2.24, 2.45) is 0 Å². The summed E-state index contributed by atoms with van der Waals surface area (Å²) in [6.45, 7) is 0. The van der Waals surface area contributed by atoms with Crippen molar-refractivity contribution in [2.75, 3.05) is 14.2 Å². The zero-order valence-electron chi connectivity index (χ0n) is 12.4. The molecule has 1 aliphatic carbocycles. The standard InChI is InChI=1S/C17H19NO3/c1-20-16-9-14-13(11-3-5-12(19)6-4-11)7-8-18-15(14)10-17(16)21-2/h7-11H,3-6H2,1-2H3. The first-order valence-corrected chi connectivity index (χ1v) is 7.25. The van der Waals surface area contributed by atoms with Gasteiger partial charge < -0.3 is 9.47 Å². The lowest BCUT2D eigenvalue weighted by Crippen LogP contribution is -2.12. The van der Waals surface area contributed by atoms with Crippen LogP contribution in [0.2, 0.25) is 0 Å². The molecule has 3 rings (SSSR count). The van der Waals surface area contributed by atoms with Gasteiger partial charge in [-0.1, -0.05) is 0 Å². The Morgan fingerprint density at radius 1 is 1.10 bits per heavy atom. The van der Waals surface area contributed by atoms with E-state index in [1.54, 1.807) is 14.2 Å². The van der Waals surface area contributed by atoms with E-state index in [1.165, 1.54) is 5.56 Å². The average molecular weight is 285 g/mol. The van der Waals surface area contributed by atoms with Crippen LogP contribution in [0.15, 0.2) is 24.4 Å². The lowest BCUT2D eigenvalue weighted by atomic mass is 9.82. The number of carbonyl (C=O) groups excluding carboxylic acids is 1. The van der Waals surface area contributed by atoms with Gasteiger partial charge in [-0.05, 0) is 36.5 Å². The number of methoxy groups -OCH3 is 2. The molecule has 1 aromatic heterocycles. The van der Waals surface area contributed by atoms with E-state index in [4.69, 9.17) is 9.47 Å². The van der Waals surface area contributed by atoms with Crippen molar-refractivity contribution in [1.82, 2.24) is 4.98 Å². The molecule has 1 heterocycles. The molecule has 0 saturated heterocycles. The van der Waals surface area contributed by atoms with Crippen molar-refractivity contribution in [2.45, 2.75) is 31.6 Å². The molecule has 0 bridgehead atoms. The van der Waals surface area contributed by atoms with Crippen LogP contribution >= 0.6 is 0 Å². The van der Waals surface area contributed by atoms with Gasteiger partial charge in [-0.2, -0.15) is 0 Å². The molecule has 0 N–H and O–H groups in total. The largest absolute Gasteiger partial charge is 0.493 e. The predicted molar refractivity (Wildman–Crippen MR) is 81.1 cm³/mol. The molecule has 4 heteroatoms. The van der Waals surface area contributed by atoms with Gasteiger partial charge >= 0.3 is 0 Å². The fourth-order valence-electron chi connectivity index (χ4n) is 3.10. The van der Waals surface area contributed by atoms with Crippen LogP contribution in [0.25, 0.3) is 10.9 Å². The zero-order valence-corrected chi connectivity index (χ0v) is 12.4. The summed E-state index contributed by atoms with van der Waals surface area (Å²) >= 11 is 0. The first-order valence-electron chi connectivity index (χ1n) is 7.25. The van der Waals surface area contributed by atoms with Crippen molar-refractivity contribution in [1.29, 1.82) is 0 Å². The van der Waals surface area contributed by atoms with Crippen LogP contribution in [-0.4, -0.2) is 25.0 Å². The number of carbonyl (C=O) groups is 1. The number of ether oxygens (including phenoxy) is 2. The quantitative estimate of drug-likeness (QED) is 0.866. The number of nitrogens with zero attached hydrogens (tertiary/aromatic N) is 1. The van der Waals surface area contributed by atoms with Crippen molar-refractivity contribution in [3.63, 3.8) is 0 Å². The van der Waals surface area contributed by atoms with Crippen LogP contribution in [0.3, 0.4) is 0 Å². The normalized spacial score (nSPS) is 16.2. The smallest absolute Gasteiger partial charge is 0.162 e. The number of hydrogen-bond acceptors (Lipinski definition) is 4. The average Bonchev–Trinajstić information content (AvgIpc) is 2.53. The minimum Gasteiger partial charge on any atom is -0.493 e. The summed E-state index contributed by atoms with van der Waals surface area (Å²) in [5.74, 6) is 2.20. The maximum absolute atomic E-state index is 11.4. The first-order chi connectivity index (χ1) is 10.2. The fourth-order valence-corrected chi connectivity index (χ4v) is 3.10. The van der Waals surface area contributed by atoms with Gasteiger partial charge in [0.15, 0.2) is 11.5 Å². The van der Waals surface area contributed by atoms with Gasteiger partial charge in [-0.15, -0.1) is 0 Å². The SMILES string of the molecule is COc1cc2nccc(C3CCC(=O)CC3)c2cc1OC. The maximum atomic E-state index is 11.4. The Hall–Kier alpha value is -2.10. The highest BCUT2D eigenvalue weighted by atomic mass is 16.5. The lowest BCUT2D eigenvalue weighted by molar-refractivity contribution is -0.120. The fraction of sp³-hybridized carbons (Fsp3) is 0.412. The van der Waals surface area contributed by atoms with Gasteiger partial charge in [0.05, 0.1) is 19.7 Å². The second kappa shape index (κ2) is 5.72. The third-order valence-corrected chi connectivity index (χ3v) is 4.26. The van der Waals surface area contributed by atoms with Crippen LogP contribution in [-0.2, 0) is 4.79 Å². The molecule has 0 unspecified atom stereocenters. The summed E-state index contributed by atoms with van der Waals surface area (Å²) in [7, 11) is 3.26. The van der Waals surface area contributed by atoms with Crippen LogP contribution in [0, 0.1) is 0 Å². The molecule has 2 aromatic rings. The Bertz CT molecular complexity index is 671. The van der Waals surface area contributed by atoms with Gasteiger partial charge in [0, 0.05) is 30.5 Å². The molecule has 0 aliphatic heterocycles. The van der Waals surface area contributed by atoms with Crippen LogP contribution in [0.5, 0.6) is 11.5 Å². The molecule has 4 nitrogen and oxygen atoms in total. The van der Waals surface area contributed by atoms with Crippen molar-refractivity contribution in [3.05, 3.63) is 30.0 Å².